The van der Waals surface area contributed by atoms with Crippen molar-refractivity contribution in [3.8, 4) is 0 Å². The van der Waals surface area contributed by atoms with Crippen LogP contribution in [0, 0.1) is 13.8 Å². The fourth-order valence-electron chi connectivity index (χ4n) is 1.74. The molecule has 0 aliphatic rings. The molecular formula is C14H17NO4S. The monoisotopic (exact) mass is 295 g/mol. The molecule has 1 aromatic carbocycles. The molecule has 2 aromatic rings. The van der Waals surface area contributed by atoms with E-state index in [4.69, 9.17) is 4.42 Å². The van der Waals surface area contributed by atoms with Crippen molar-refractivity contribution < 1.29 is 17.9 Å². The van der Waals surface area contributed by atoms with Crippen LogP contribution >= 0.6 is 0 Å². The summed E-state index contributed by atoms with van der Waals surface area (Å²) in [6, 6.07) is 6.52. The Morgan fingerprint density at radius 3 is 2.60 bits per heavy atom. The molecule has 6 heteroatoms. The molecule has 108 valence electrons. The summed E-state index contributed by atoms with van der Waals surface area (Å²) in [4.78, 5) is 0.194. The van der Waals surface area contributed by atoms with Crippen molar-refractivity contribution in [1.29, 1.82) is 0 Å². The number of aliphatic hydroxyl groups is 1. The first-order valence-corrected chi connectivity index (χ1v) is 7.65. The van der Waals surface area contributed by atoms with Crippen molar-refractivity contribution in [3.05, 3.63) is 53.5 Å². The zero-order chi connectivity index (χ0) is 14.8. The molecule has 0 amide bonds. The average molecular weight is 295 g/mol. The number of sulfonamides is 1. The Labute approximate surface area is 118 Å². The van der Waals surface area contributed by atoms with E-state index in [-0.39, 0.29) is 11.4 Å². The molecule has 0 radical (unpaired) electrons. The smallest absolute Gasteiger partial charge is 0.240 e. The van der Waals surface area contributed by atoms with Gasteiger partial charge in [-0.3, -0.25) is 0 Å². The van der Waals surface area contributed by atoms with Gasteiger partial charge in [0.2, 0.25) is 10.0 Å². The second-order valence-corrected chi connectivity index (χ2v) is 6.44. The zero-order valence-electron chi connectivity index (χ0n) is 11.3. The summed E-state index contributed by atoms with van der Waals surface area (Å²) >= 11 is 0. The second-order valence-electron chi connectivity index (χ2n) is 4.67. The fraction of sp³-hybridized carbons (Fsp3) is 0.286. The summed E-state index contributed by atoms with van der Waals surface area (Å²) in [5.74, 6) is 0. The highest BCUT2D eigenvalue weighted by Gasteiger charge is 2.17. The normalized spacial score (nSPS) is 13.3. The quantitative estimate of drug-likeness (QED) is 0.883. The van der Waals surface area contributed by atoms with E-state index in [2.05, 4.69) is 4.72 Å². The van der Waals surface area contributed by atoms with Crippen LogP contribution in [0.3, 0.4) is 0 Å². The van der Waals surface area contributed by atoms with Crippen LogP contribution in [0.25, 0.3) is 0 Å². The highest BCUT2D eigenvalue weighted by molar-refractivity contribution is 7.89. The highest BCUT2D eigenvalue weighted by Crippen LogP contribution is 2.16. The van der Waals surface area contributed by atoms with Gasteiger partial charge in [-0.1, -0.05) is 6.07 Å². The maximum Gasteiger partial charge on any atom is 0.240 e. The van der Waals surface area contributed by atoms with Gasteiger partial charge in [-0.15, -0.1) is 0 Å². The Balaban J connectivity index is 2.09. The van der Waals surface area contributed by atoms with E-state index in [0.717, 1.165) is 11.1 Å². The van der Waals surface area contributed by atoms with E-state index in [1.807, 2.05) is 13.8 Å². The van der Waals surface area contributed by atoms with Crippen LogP contribution in [0.5, 0.6) is 0 Å². The number of rotatable bonds is 5. The molecule has 5 nitrogen and oxygen atoms in total. The lowest BCUT2D eigenvalue weighted by Crippen LogP contribution is -2.28. The minimum absolute atomic E-state index is 0.102. The summed E-state index contributed by atoms with van der Waals surface area (Å²) in [6.45, 7) is 3.67. The first-order valence-electron chi connectivity index (χ1n) is 6.17. The van der Waals surface area contributed by atoms with Gasteiger partial charge in [0.05, 0.1) is 23.5 Å². The maximum atomic E-state index is 12.1. The van der Waals surface area contributed by atoms with Gasteiger partial charge in [0.15, 0.2) is 0 Å². The van der Waals surface area contributed by atoms with E-state index >= 15 is 0 Å². The molecule has 0 spiro atoms. The lowest BCUT2D eigenvalue weighted by atomic mass is 10.1. The predicted molar refractivity (Wildman–Crippen MR) is 74.8 cm³/mol. The molecule has 0 unspecified atom stereocenters. The summed E-state index contributed by atoms with van der Waals surface area (Å²) < 4.78 is 31.5. The van der Waals surface area contributed by atoms with Gasteiger partial charge >= 0.3 is 0 Å². The molecule has 0 bridgehead atoms. The van der Waals surface area contributed by atoms with E-state index in [9.17, 15) is 13.5 Å². The van der Waals surface area contributed by atoms with Gasteiger partial charge < -0.3 is 9.52 Å². The van der Waals surface area contributed by atoms with Crippen LogP contribution in [-0.4, -0.2) is 20.1 Å². The predicted octanol–water partition coefficient (Wildman–Crippen LogP) is 1.91. The number of nitrogens with one attached hydrogen (secondary N) is 1. The van der Waals surface area contributed by atoms with E-state index in [0.29, 0.717) is 5.56 Å². The van der Waals surface area contributed by atoms with Crippen LogP contribution in [0.2, 0.25) is 0 Å². The third kappa shape index (κ3) is 3.27. The molecule has 1 aromatic heterocycles. The average Bonchev–Trinajstić information content (AvgIpc) is 2.93. The van der Waals surface area contributed by atoms with Gasteiger partial charge in [-0.25, -0.2) is 13.1 Å². The fourth-order valence-corrected chi connectivity index (χ4v) is 2.86. The Hall–Kier alpha value is -1.63. The molecule has 2 rings (SSSR count). The largest absolute Gasteiger partial charge is 0.472 e. The highest BCUT2D eigenvalue weighted by atomic mass is 32.2. The second kappa shape index (κ2) is 5.78. The van der Waals surface area contributed by atoms with E-state index < -0.39 is 16.1 Å². The van der Waals surface area contributed by atoms with Crippen molar-refractivity contribution in [2.45, 2.75) is 24.8 Å². The number of benzene rings is 1. The van der Waals surface area contributed by atoms with Crippen LogP contribution < -0.4 is 4.72 Å². The van der Waals surface area contributed by atoms with Gasteiger partial charge in [0.25, 0.3) is 0 Å². The molecule has 2 N–H and O–H groups in total. The molecule has 0 aliphatic carbocycles. The SMILES string of the molecule is Cc1ccc(S(=O)(=O)NC[C@@H](O)c2ccoc2)cc1C. The Morgan fingerprint density at radius 2 is 2.00 bits per heavy atom. The number of furan rings is 1. The molecule has 0 saturated carbocycles. The van der Waals surface area contributed by atoms with Gasteiger partial charge in [-0.05, 0) is 43.2 Å². The van der Waals surface area contributed by atoms with Crippen LogP contribution in [0.1, 0.15) is 22.8 Å². The minimum atomic E-state index is -3.63. The van der Waals surface area contributed by atoms with Crippen LogP contribution in [-0.2, 0) is 10.0 Å². The molecule has 1 atom stereocenters. The number of aliphatic hydroxyl groups excluding tert-OH is 1. The molecule has 0 aliphatic heterocycles. The van der Waals surface area contributed by atoms with Crippen molar-refractivity contribution in [3.63, 3.8) is 0 Å². The summed E-state index contributed by atoms with van der Waals surface area (Å²) in [5, 5.41) is 9.83. The molecule has 0 fully saturated rings. The van der Waals surface area contributed by atoms with E-state index in [1.54, 1.807) is 24.3 Å². The van der Waals surface area contributed by atoms with Crippen molar-refractivity contribution in [1.82, 2.24) is 4.72 Å². The van der Waals surface area contributed by atoms with E-state index in [1.165, 1.54) is 12.5 Å². The van der Waals surface area contributed by atoms with Crippen LogP contribution in [0.4, 0.5) is 0 Å². The Kier molecular flexibility index (Phi) is 4.27. The minimum Gasteiger partial charge on any atom is -0.472 e. The first kappa shape index (κ1) is 14.8. The molecule has 20 heavy (non-hydrogen) atoms. The van der Waals surface area contributed by atoms with Crippen molar-refractivity contribution >= 4 is 10.0 Å². The van der Waals surface area contributed by atoms with Gasteiger partial charge in [0.1, 0.15) is 0 Å². The Morgan fingerprint density at radius 1 is 1.25 bits per heavy atom. The maximum absolute atomic E-state index is 12.1. The van der Waals surface area contributed by atoms with Crippen LogP contribution in [0.15, 0.2) is 46.1 Å². The number of aryl methyl sites for hydroxylation is 2. The summed E-state index contributed by atoms with van der Waals surface area (Å²) in [7, 11) is -3.63. The lowest BCUT2D eigenvalue weighted by Gasteiger charge is -2.11. The lowest BCUT2D eigenvalue weighted by molar-refractivity contribution is 0.181. The topological polar surface area (TPSA) is 79.5 Å². The van der Waals surface area contributed by atoms with Crippen molar-refractivity contribution in [2.24, 2.45) is 0 Å². The third-order valence-corrected chi connectivity index (χ3v) is 4.60. The summed E-state index contributed by atoms with van der Waals surface area (Å²) in [6.07, 6.45) is 1.88. The zero-order valence-corrected chi connectivity index (χ0v) is 12.1. The standard InChI is InChI=1S/C14H17NO4S/c1-10-3-4-13(7-11(10)2)20(17,18)15-8-14(16)12-5-6-19-9-12/h3-7,9,14-16H,8H2,1-2H3/t14-/m1/s1. The molecule has 1 heterocycles. The third-order valence-electron chi connectivity index (χ3n) is 3.18. The van der Waals surface area contributed by atoms with Gasteiger partial charge in [0, 0.05) is 12.1 Å². The van der Waals surface area contributed by atoms with Crippen molar-refractivity contribution in [2.75, 3.05) is 6.54 Å². The van der Waals surface area contributed by atoms with Gasteiger partial charge in [-0.2, -0.15) is 0 Å². The number of hydrogen-bond donors (Lipinski definition) is 2. The molecule has 0 saturated heterocycles. The Bertz CT molecular complexity index is 677. The first-order chi connectivity index (χ1) is 9.40. The molecular weight excluding hydrogens is 278 g/mol. The number of hydrogen-bond acceptors (Lipinski definition) is 4. The summed E-state index contributed by atoms with van der Waals surface area (Å²) in [5.41, 5.74) is 2.47.